The highest BCUT2D eigenvalue weighted by Crippen LogP contribution is 2.24. The van der Waals surface area contributed by atoms with Gasteiger partial charge in [0.2, 0.25) is 0 Å². The van der Waals surface area contributed by atoms with Crippen molar-refractivity contribution in [2.24, 2.45) is 0 Å². The molecule has 2 aromatic rings. The van der Waals surface area contributed by atoms with Gasteiger partial charge in [-0.25, -0.2) is 4.68 Å². The summed E-state index contributed by atoms with van der Waals surface area (Å²) in [5, 5.41) is 8.36. The summed E-state index contributed by atoms with van der Waals surface area (Å²) in [7, 11) is 1.68. The maximum Gasteiger partial charge on any atom is 0.119 e. The molecule has 0 bridgehead atoms. The van der Waals surface area contributed by atoms with Crippen LogP contribution in [-0.4, -0.2) is 34.4 Å². The second kappa shape index (κ2) is 7.41. The molecule has 0 spiro atoms. The van der Waals surface area contributed by atoms with Crippen molar-refractivity contribution in [1.82, 2.24) is 15.1 Å². The van der Waals surface area contributed by atoms with E-state index >= 15 is 0 Å². The predicted octanol–water partition coefficient (Wildman–Crippen LogP) is 3.74. The first-order chi connectivity index (χ1) is 11.2. The summed E-state index contributed by atoms with van der Waals surface area (Å²) < 4.78 is 7.23. The minimum absolute atomic E-state index is 0.329. The van der Waals surface area contributed by atoms with Gasteiger partial charge < -0.3 is 10.1 Å². The van der Waals surface area contributed by atoms with Crippen LogP contribution in [0.4, 0.5) is 0 Å². The number of methoxy groups -OCH3 is 1. The van der Waals surface area contributed by atoms with Crippen LogP contribution in [0.15, 0.2) is 30.5 Å². The summed E-state index contributed by atoms with van der Waals surface area (Å²) in [6.45, 7) is 4.38. The molecule has 1 saturated heterocycles. The minimum Gasteiger partial charge on any atom is -0.497 e. The van der Waals surface area contributed by atoms with E-state index in [-0.39, 0.29) is 0 Å². The Kier molecular flexibility index (Phi) is 5.28. The highest BCUT2D eigenvalue weighted by Gasteiger charge is 2.19. The van der Waals surface area contributed by atoms with E-state index in [1.54, 1.807) is 7.11 Å². The van der Waals surface area contributed by atoms with Crippen molar-refractivity contribution in [3.05, 3.63) is 41.7 Å². The molecule has 1 aromatic carbocycles. The topological polar surface area (TPSA) is 39.1 Å². The Bertz CT molecular complexity index is 632. The number of hydrogen-bond acceptors (Lipinski definition) is 4. The third kappa shape index (κ3) is 3.72. The number of aromatic nitrogens is 2. The van der Waals surface area contributed by atoms with E-state index < -0.39 is 0 Å². The molecule has 3 rings (SSSR count). The number of nitrogens with one attached hydrogen (secondary N) is 1. The molecule has 124 valence electrons. The van der Waals surface area contributed by atoms with Crippen LogP contribution in [0.5, 0.6) is 5.75 Å². The standard InChI is InChI=1S/C18H25N3OS/c1-13(20-15-8-10-23-11-9-15)18-12-19-21(14(18)2)16-4-6-17(22-3)7-5-16/h4-7,12-13,15,20H,8-11H2,1-3H3/t13-/m1/s1. The van der Waals surface area contributed by atoms with Gasteiger partial charge in [0, 0.05) is 23.3 Å². The van der Waals surface area contributed by atoms with Crippen LogP contribution in [0.2, 0.25) is 0 Å². The zero-order valence-electron chi connectivity index (χ0n) is 14.1. The van der Waals surface area contributed by atoms with E-state index in [1.165, 1.54) is 35.6 Å². The number of benzene rings is 1. The van der Waals surface area contributed by atoms with E-state index in [9.17, 15) is 0 Å². The number of ether oxygens (including phenoxy) is 1. The van der Waals surface area contributed by atoms with Crippen LogP contribution in [0.25, 0.3) is 5.69 Å². The normalized spacial score (nSPS) is 17.2. The molecule has 1 aliphatic rings. The van der Waals surface area contributed by atoms with E-state index in [0.29, 0.717) is 12.1 Å². The third-order valence-electron chi connectivity index (χ3n) is 4.54. The number of nitrogens with zero attached hydrogens (tertiary/aromatic N) is 2. The highest BCUT2D eigenvalue weighted by molar-refractivity contribution is 7.99. The highest BCUT2D eigenvalue weighted by atomic mass is 32.2. The maximum absolute atomic E-state index is 5.22. The molecule has 1 aromatic heterocycles. The van der Waals surface area contributed by atoms with Gasteiger partial charge in [-0.05, 0) is 62.5 Å². The lowest BCUT2D eigenvalue weighted by molar-refractivity contribution is 0.414. The molecule has 0 amide bonds. The van der Waals surface area contributed by atoms with Crippen LogP contribution in [0, 0.1) is 6.92 Å². The average Bonchev–Trinajstić information content (AvgIpc) is 2.97. The molecule has 0 unspecified atom stereocenters. The lowest BCUT2D eigenvalue weighted by Crippen LogP contribution is -2.34. The molecule has 1 aliphatic heterocycles. The largest absolute Gasteiger partial charge is 0.497 e. The first-order valence-corrected chi connectivity index (χ1v) is 9.37. The summed E-state index contributed by atoms with van der Waals surface area (Å²) >= 11 is 2.06. The lowest BCUT2D eigenvalue weighted by atomic mass is 10.1. The molecule has 1 N–H and O–H groups in total. The predicted molar refractivity (Wildman–Crippen MR) is 96.8 cm³/mol. The zero-order chi connectivity index (χ0) is 16.2. The van der Waals surface area contributed by atoms with Crippen molar-refractivity contribution in [2.45, 2.75) is 38.8 Å². The molecule has 1 fully saturated rings. The van der Waals surface area contributed by atoms with E-state index in [4.69, 9.17) is 4.74 Å². The molecular weight excluding hydrogens is 306 g/mol. The maximum atomic E-state index is 5.22. The first-order valence-electron chi connectivity index (χ1n) is 8.22. The number of rotatable bonds is 5. The van der Waals surface area contributed by atoms with Crippen molar-refractivity contribution >= 4 is 11.8 Å². The van der Waals surface area contributed by atoms with Gasteiger partial charge in [-0.3, -0.25) is 0 Å². The Labute approximate surface area is 142 Å². The van der Waals surface area contributed by atoms with Crippen LogP contribution < -0.4 is 10.1 Å². The fraction of sp³-hybridized carbons (Fsp3) is 0.500. The van der Waals surface area contributed by atoms with Gasteiger partial charge in [-0.15, -0.1) is 0 Å². The molecule has 4 nitrogen and oxygen atoms in total. The van der Waals surface area contributed by atoms with Gasteiger partial charge in [-0.1, -0.05) is 0 Å². The Hall–Kier alpha value is -1.46. The van der Waals surface area contributed by atoms with E-state index in [1.807, 2.05) is 35.1 Å². The lowest BCUT2D eigenvalue weighted by Gasteiger charge is -2.26. The van der Waals surface area contributed by atoms with Crippen molar-refractivity contribution in [1.29, 1.82) is 0 Å². The zero-order valence-corrected chi connectivity index (χ0v) is 14.9. The van der Waals surface area contributed by atoms with Gasteiger partial charge in [0.05, 0.1) is 19.0 Å². The molecular formula is C18H25N3OS. The first kappa shape index (κ1) is 16.4. The Morgan fingerprint density at radius 3 is 2.61 bits per heavy atom. The third-order valence-corrected chi connectivity index (χ3v) is 5.59. The second-order valence-corrected chi connectivity index (χ2v) is 7.29. The summed E-state index contributed by atoms with van der Waals surface area (Å²) in [4.78, 5) is 0. The Morgan fingerprint density at radius 2 is 1.96 bits per heavy atom. The van der Waals surface area contributed by atoms with Crippen LogP contribution >= 0.6 is 11.8 Å². The van der Waals surface area contributed by atoms with Crippen LogP contribution in [0.3, 0.4) is 0 Å². The molecule has 1 atom stereocenters. The summed E-state index contributed by atoms with van der Waals surface area (Å²) in [6.07, 6.45) is 4.52. The fourth-order valence-electron chi connectivity index (χ4n) is 3.14. The van der Waals surface area contributed by atoms with Crippen molar-refractivity contribution in [2.75, 3.05) is 18.6 Å². The average molecular weight is 331 g/mol. The van der Waals surface area contributed by atoms with Gasteiger partial charge >= 0.3 is 0 Å². The quantitative estimate of drug-likeness (QED) is 0.906. The summed E-state index contributed by atoms with van der Waals surface area (Å²) in [6, 6.07) is 8.98. The molecule has 0 aliphatic carbocycles. The van der Waals surface area contributed by atoms with Crippen molar-refractivity contribution in [3.8, 4) is 11.4 Å². The fourth-order valence-corrected chi connectivity index (χ4v) is 4.25. The Morgan fingerprint density at radius 1 is 1.26 bits per heavy atom. The van der Waals surface area contributed by atoms with E-state index in [2.05, 4.69) is 36.0 Å². The number of thioether (sulfide) groups is 1. The van der Waals surface area contributed by atoms with E-state index in [0.717, 1.165) is 11.4 Å². The van der Waals surface area contributed by atoms with Crippen LogP contribution in [-0.2, 0) is 0 Å². The van der Waals surface area contributed by atoms with Gasteiger partial charge in [0.1, 0.15) is 5.75 Å². The molecule has 0 radical (unpaired) electrons. The summed E-state index contributed by atoms with van der Waals surface area (Å²) in [5.41, 5.74) is 3.54. The molecule has 5 heteroatoms. The minimum atomic E-state index is 0.329. The molecule has 2 heterocycles. The molecule has 23 heavy (non-hydrogen) atoms. The monoisotopic (exact) mass is 331 g/mol. The van der Waals surface area contributed by atoms with Crippen molar-refractivity contribution < 1.29 is 4.74 Å². The van der Waals surface area contributed by atoms with Crippen molar-refractivity contribution in [3.63, 3.8) is 0 Å². The second-order valence-electron chi connectivity index (χ2n) is 6.07. The SMILES string of the molecule is COc1ccc(-n2ncc([C@@H](C)NC3CCSCC3)c2C)cc1. The summed E-state index contributed by atoms with van der Waals surface area (Å²) in [5.74, 6) is 3.41. The smallest absolute Gasteiger partial charge is 0.119 e. The van der Waals surface area contributed by atoms with Gasteiger partial charge in [-0.2, -0.15) is 16.9 Å². The number of hydrogen-bond donors (Lipinski definition) is 1. The van der Waals surface area contributed by atoms with Gasteiger partial charge in [0.15, 0.2) is 0 Å². The Balaban J connectivity index is 1.74. The van der Waals surface area contributed by atoms with Gasteiger partial charge in [0.25, 0.3) is 0 Å². The molecule has 0 saturated carbocycles. The van der Waals surface area contributed by atoms with Crippen LogP contribution in [0.1, 0.15) is 37.1 Å².